The largest absolute Gasteiger partial charge is 0.480 e. The number of carboxylic acid groups (broad SMARTS) is 1. The standard InChI is InChI=1S/C19H28N2O3/c1-19(2,3)9-7-16(18(23)24)20-12-13-5-6-14-8-10-21(4)17(22)15(14)11-13/h5-6,11,16,20H,7-10,12H2,1-4H3,(H,23,24). The summed E-state index contributed by atoms with van der Waals surface area (Å²) in [6, 6.07) is 5.29. The van der Waals surface area contributed by atoms with Gasteiger partial charge >= 0.3 is 5.97 Å². The molecule has 1 amide bonds. The van der Waals surface area contributed by atoms with E-state index in [0.717, 1.165) is 36.1 Å². The van der Waals surface area contributed by atoms with Gasteiger partial charge in [0.2, 0.25) is 0 Å². The summed E-state index contributed by atoms with van der Waals surface area (Å²) in [5.41, 5.74) is 2.87. The Morgan fingerprint density at radius 2 is 2.08 bits per heavy atom. The van der Waals surface area contributed by atoms with Crippen LogP contribution in [0.25, 0.3) is 0 Å². The Kier molecular flexibility index (Phi) is 5.65. The van der Waals surface area contributed by atoms with Crippen LogP contribution in [-0.2, 0) is 17.8 Å². The van der Waals surface area contributed by atoms with E-state index in [9.17, 15) is 14.7 Å². The van der Waals surface area contributed by atoms with E-state index in [4.69, 9.17) is 0 Å². The van der Waals surface area contributed by atoms with Crippen LogP contribution in [0.1, 0.15) is 55.1 Å². The molecule has 2 N–H and O–H groups in total. The molecule has 1 unspecified atom stereocenters. The first-order valence-electron chi connectivity index (χ1n) is 8.51. The Hall–Kier alpha value is -1.88. The second kappa shape index (κ2) is 7.34. The second-order valence-corrected chi connectivity index (χ2v) is 7.84. The number of amides is 1. The maximum atomic E-state index is 12.2. The lowest BCUT2D eigenvalue weighted by molar-refractivity contribution is -0.139. The molecule has 0 spiro atoms. The summed E-state index contributed by atoms with van der Waals surface area (Å²) in [4.78, 5) is 25.4. The van der Waals surface area contributed by atoms with Crippen molar-refractivity contribution in [2.45, 2.75) is 52.6 Å². The summed E-state index contributed by atoms with van der Waals surface area (Å²) in [5, 5.41) is 12.5. The van der Waals surface area contributed by atoms with Gasteiger partial charge in [-0.3, -0.25) is 9.59 Å². The molecule has 5 heteroatoms. The summed E-state index contributed by atoms with van der Waals surface area (Å²) in [6.45, 7) is 7.52. The number of nitrogens with one attached hydrogen (secondary N) is 1. The number of likely N-dealkylation sites (N-methyl/N-ethyl adjacent to an activating group) is 1. The number of hydrogen-bond acceptors (Lipinski definition) is 3. The molecule has 0 aromatic heterocycles. The molecule has 1 aromatic rings. The minimum Gasteiger partial charge on any atom is -0.480 e. The average molecular weight is 332 g/mol. The summed E-state index contributed by atoms with van der Waals surface area (Å²) in [6.07, 6.45) is 2.30. The molecule has 0 saturated carbocycles. The number of aliphatic carboxylic acids is 1. The van der Waals surface area contributed by atoms with Gasteiger partial charge in [0.25, 0.3) is 5.91 Å². The average Bonchev–Trinajstić information content (AvgIpc) is 2.50. The van der Waals surface area contributed by atoms with Crippen molar-refractivity contribution in [2.75, 3.05) is 13.6 Å². The topological polar surface area (TPSA) is 69.6 Å². The van der Waals surface area contributed by atoms with Gasteiger partial charge in [-0.2, -0.15) is 0 Å². The van der Waals surface area contributed by atoms with Crippen LogP contribution < -0.4 is 5.32 Å². The van der Waals surface area contributed by atoms with Crippen LogP contribution in [0.3, 0.4) is 0 Å². The smallest absolute Gasteiger partial charge is 0.320 e. The van der Waals surface area contributed by atoms with E-state index >= 15 is 0 Å². The van der Waals surface area contributed by atoms with Gasteiger partial charge in [0, 0.05) is 25.7 Å². The molecule has 5 nitrogen and oxygen atoms in total. The van der Waals surface area contributed by atoms with Crippen LogP contribution in [0.4, 0.5) is 0 Å². The first-order chi connectivity index (χ1) is 11.2. The van der Waals surface area contributed by atoms with Gasteiger partial charge in [0.1, 0.15) is 6.04 Å². The molecule has 24 heavy (non-hydrogen) atoms. The Bertz CT molecular complexity index is 620. The monoisotopic (exact) mass is 332 g/mol. The number of hydrogen-bond donors (Lipinski definition) is 2. The number of fused-ring (bicyclic) bond motifs is 1. The molecule has 0 bridgehead atoms. The van der Waals surface area contributed by atoms with E-state index in [2.05, 4.69) is 26.1 Å². The third-order valence-corrected chi connectivity index (χ3v) is 4.50. The maximum Gasteiger partial charge on any atom is 0.320 e. The van der Waals surface area contributed by atoms with Crippen molar-refractivity contribution in [3.8, 4) is 0 Å². The molecule has 1 aliphatic heterocycles. The molecular formula is C19H28N2O3. The minimum absolute atomic E-state index is 0.0422. The highest BCUT2D eigenvalue weighted by molar-refractivity contribution is 5.96. The maximum absolute atomic E-state index is 12.2. The lowest BCUT2D eigenvalue weighted by atomic mass is 9.88. The number of carboxylic acids is 1. The molecular weight excluding hydrogens is 304 g/mol. The van der Waals surface area contributed by atoms with Crippen molar-refractivity contribution < 1.29 is 14.7 Å². The molecule has 0 fully saturated rings. The van der Waals surface area contributed by atoms with Crippen molar-refractivity contribution in [1.82, 2.24) is 10.2 Å². The van der Waals surface area contributed by atoms with Crippen LogP contribution in [0.2, 0.25) is 0 Å². The normalized spacial score (nSPS) is 16.0. The highest BCUT2D eigenvalue weighted by Crippen LogP contribution is 2.22. The van der Waals surface area contributed by atoms with Gasteiger partial charge in [0.05, 0.1) is 0 Å². The van der Waals surface area contributed by atoms with E-state index in [1.165, 1.54) is 0 Å². The predicted octanol–water partition coefficient (Wildman–Crippen LogP) is 2.68. The number of nitrogens with zero attached hydrogens (tertiary/aromatic N) is 1. The summed E-state index contributed by atoms with van der Waals surface area (Å²) in [7, 11) is 1.81. The molecule has 0 radical (unpaired) electrons. The third kappa shape index (κ3) is 4.81. The quantitative estimate of drug-likeness (QED) is 0.840. The van der Waals surface area contributed by atoms with Gasteiger partial charge in [-0.05, 0) is 41.9 Å². The molecule has 1 atom stereocenters. The molecule has 1 heterocycles. The van der Waals surface area contributed by atoms with Gasteiger partial charge in [-0.1, -0.05) is 32.9 Å². The van der Waals surface area contributed by atoms with Crippen LogP contribution >= 0.6 is 0 Å². The zero-order chi connectivity index (χ0) is 17.9. The fraction of sp³-hybridized carbons (Fsp3) is 0.579. The number of rotatable bonds is 6. The zero-order valence-corrected chi connectivity index (χ0v) is 15.1. The van der Waals surface area contributed by atoms with Gasteiger partial charge in [-0.15, -0.1) is 0 Å². The van der Waals surface area contributed by atoms with Crippen LogP contribution in [0, 0.1) is 5.41 Å². The van der Waals surface area contributed by atoms with Crippen molar-refractivity contribution in [1.29, 1.82) is 0 Å². The first-order valence-corrected chi connectivity index (χ1v) is 8.51. The SMILES string of the molecule is CN1CCc2ccc(CNC(CCC(C)(C)C)C(=O)O)cc2C1=O. The fourth-order valence-corrected chi connectivity index (χ4v) is 2.88. The molecule has 132 valence electrons. The van der Waals surface area contributed by atoms with Crippen molar-refractivity contribution in [2.24, 2.45) is 5.41 Å². The van der Waals surface area contributed by atoms with E-state index in [1.807, 2.05) is 25.2 Å². The number of benzene rings is 1. The van der Waals surface area contributed by atoms with Crippen molar-refractivity contribution >= 4 is 11.9 Å². The molecule has 2 rings (SSSR count). The molecule has 0 saturated heterocycles. The van der Waals surface area contributed by atoms with E-state index in [-0.39, 0.29) is 11.3 Å². The molecule has 1 aromatic carbocycles. The fourth-order valence-electron chi connectivity index (χ4n) is 2.88. The van der Waals surface area contributed by atoms with E-state index in [1.54, 1.807) is 4.90 Å². The van der Waals surface area contributed by atoms with Gasteiger partial charge < -0.3 is 15.3 Å². The zero-order valence-electron chi connectivity index (χ0n) is 15.1. The van der Waals surface area contributed by atoms with E-state index < -0.39 is 12.0 Å². The molecule has 0 aliphatic carbocycles. The molecule has 1 aliphatic rings. The Labute approximate surface area is 144 Å². The Morgan fingerprint density at radius 1 is 1.38 bits per heavy atom. The predicted molar refractivity (Wildman–Crippen MR) is 94.1 cm³/mol. The second-order valence-electron chi connectivity index (χ2n) is 7.84. The van der Waals surface area contributed by atoms with E-state index in [0.29, 0.717) is 13.0 Å². The summed E-state index contributed by atoms with van der Waals surface area (Å²) in [5.74, 6) is -0.784. The Balaban J connectivity index is 2.02. The lowest BCUT2D eigenvalue weighted by Crippen LogP contribution is -2.37. The van der Waals surface area contributed by atoms with Gasteiger partial charge in [-0.25, -0.2) is 0 Å². The third-order valence-electron chi connectivity index (χ3n) is 4.50. The highest BCUT2D eigenvalue weighted by Gasteiger charge is 2.23. The highest BCUT2D eigenvalue weighted by atomic mass is 16.4. The van der Waals surface area contributed by atoms with Crippen LogP contribution in [0.15, 0.2) is 18.2 Å². The van der Waals surface area contributed by atoms with Crippen molar-refractivity contribution in [3.05, 3.63) is 34.9 Å². The van der Waals surface area contributed by atoms with Crippen molar-refractivity contribution in [3.63, 3.8) is 0 Å². The number of carbonyl (C=O) groups is 2. The summed E-state index contributed by atoms with van der Waals surface area (Å²) >= 11 is 0. The minimum atomic E-state index is -0.826. The summed E-state index contributed by atoms with van der Waals surface area (Å²) < 4.78 is 0. The number of carbonyl (C=O) groups excluding carboxylic acids is 1. The van der Waals surface area contributed by atoms with Crippen LogP contribution in [0.5, 0.6) is 0 Å². The first kappa shape index (κ1) is 18.5. The lowest BCUT2D eigenvalue weighted by Gasteiger charge is -2.25. The Morgan fingerprint density at radius 3 is 2.71 bits per heavy atom. The van der Waals surface area contributed by atoms with Crippen LogP contribution in [-0.4, -0.2) is 41.5 Å². The van der Waals surface area contributed by atoms with Gasteiger partial charge in [0.15, 0.2) is 0 Å².